The van der Waals surface area contributed by atoms with Gasteiger partial charge in [-0.15, -0.1) is 0 Å². The molecule has 0 radical (unpaired) electrons. The van der Waals surface area contributed by atoms with Gasteiger partial charge >= 0.3 is 5.97 Å². The maximum absolute atomic E-state index is 12.1. The minimum atomic E-state index is -2.59. The maximum atomic E-state index is 12.1. The molecule has 1 saturated heterocycles. The third-order valence-corrected chi connectivity index (χ3v) is 10.2. The summed E-state index contributed by atoms with van der Waals surface area (Å²) in [7, 11) is -2.59. The number of carbonyl (C=O) groups excluding carboxylic acids is 1. The number of hydrogen-bond acceptors (Lipinski definition) is 4. The second-order valence-corrected chi connectivity index (χ2v) is 13.0. The summed E-state index contributed by atoms with van der Waals surface area (Å²) in [4.78, 5) is 12.1. The van der Waals surface area contributed by atoms with E-state index in [-0.39, 0.29) is 11.0 Å². The Morgan fingerprint density at radius 2 is 1.46 bits per heavy atom. The molecule has 0 saturated carbocycles. The number of cyclic esters (lactones) is 1. The number of carbonyl (C=O) groups is 1. The summed E-state index contributed by atoms with van der Waals surface area (Å²) >= 11 is 0. The average molecular weight is 399 g/mol. The van der Waals surface area contributed by atoms with E-state index < -0.39 is 20.2 Å². The van der Waals surface area contributed by atoms with Gasteiger partial charge in [0.1, 0.15) is 0 Å². The molecule has 150 valence electrons. The Kier molecular flexibility index (Phi) is 5.80. The predicted molar refractivity (Wildman–Crippen MR) is 113 cm³/mol. The molecular weight excluding hydrogens is 368 g/mol. The van der Waals surface area contributed by atoms with Crippen LogP contribution in [0.3, 0.4) is 0 Å². The van der Waals surface area contributed by atoms with E-state index in [1.807, 2.05) is 12.1 Å². The molecule has 1 heterocycles. The molecule has 28 heavy (non-hydrogen) atoms. The lowest BCUT2D eigenvalue weighted by Gasteiger charge is -2.43. The molecule has 1 fully saturated rings. The molecule has 0 unspecified atom stereocenters. The Hall–Kier alpha value is -1.95. The van der Waals surface area contributed by atoms with Gasteiger partial charge in [0.25, 0.3) is 8.32 Å². The highest BCUT2D eigenvalue weighted by Gasteiger charge is 2.50. The summed E-state index contributed by atoms with van der Waals surface area (Å²) in [5, 5.41) is 2.36. The molecule has 3 rings (SSSR count). The molecule has 0 spiro atoms. The monoisotopic (exact) mass is 398 g/mol. The number of benzene rings is 2. The molecule has 0 N–H and O–H groups in total. The summed E-state index contributed by atoms with van der Waals surface area (Å²) in [5.41, 5.74) is 0. The van der Waals surface area contributed by atoms with E-state index in [0.29, 0.717) is 13.0 Å². The highest BCUT2D eigenvalue weighted by molar-refractivity contribution is 6.99. The fourth-order valence-corrected chi connectivity index (χ4v) is 8.56. The van der Waals surface area contributed by atoms with Crippen LogP contribution in [-0.2, 0) is 18.7 Å². The zero-order valence-corrected chi connectivity index (χ0v) is 18.4. The molecule has 1 aliphatic rings. The molecule has 0 aliphatic carbocycles. The van der Waals surface area contributed by atoms with Gasteiger partial charge in [0.05, 0.1) is 0 Å². The van der Waals surface area contributed by atoms with Gasteiger partial charge in [0.2, 0.25) is 5.79 Å². The van der Waals surface area contributed by atoms with Gasteiger partial charge in [0, 0.05) is 26.9 Å². The summed E-state index contributed by atoms with van der Waals surface area (Å²) in [6, 6.07) is 21.0. The minimum absolute atomic E-state index is 0.0913. The van der Waals surface area contributed by atoms with Gasteiger partial charge in [-0.1, -0.05) is 81.4 Å². The topological polar surface area (TPSA) is 44.8 Å². The lowest BCUT2D eigenvalue weighted by atomic mass is 10.2. The van der Waals surface area contributed by atoms with Gasteiger partial charge in [-0.2, -0.15) is 0 Å². The van der Waals surface area contributed by atoms with Crippen molar-refractivity contribution in [1.29, 1.82) is 0 Å². The van der Waals surface area contributed by atoms with Crippen LogP contribution >= 0.6 is 0 Å². The molecule has 0 amide bonds. The number of hydrogen-bond donors (Lipinski definition) is 0. The molecule has 2 aromatic rings. The smallest absolute Gasteiger partial charge is 0.338 e. The van der Waals surface area contributed by atoms with Crippen LogP contribution in [0.5, 0.6) is 0 Å². The highest BCUT2D eigenvalue weighted by Crippen LogP contribution is 2.37. The summed E-state index contributed by atoms with van der Waals surface area (Å²) in [5.74, 6) is -1.17. The summed E-state index contributed by atoms with van der Waals surface area (Å²) < 4.78 is 17.8. The van der Waals surface area contributed by atoms with Gasteiger partial charge in [-0.25, -0.2) is 4.79 Å². The van der Waals surface area contributed by atoms with E-state index in [0.717, 1.165) is 0 Å². The van der Waals surface area contributed by atoms with Gasteiger partial charge < -0.3 is 13.9 Å². The van der Waals surface area contributed by atoms with Crippen LogP contribution in [0.2, 0.25) is 5.04 Å². The molecule has 1 aliphatic heterocycles. The van der Waals surface area contributed by atoms with Crippen LogP contribution in [0.1, 0.15) is 41.0 Å². The first kappa shape index (κ1) is 20.8. The lowest BCUT2D eigenvalue weighted by Crippen LogP contribution is -2.66. The Morgan fingerprint density at radius 3 is 1.86 bits per heavy atom. The fraction of sp³-hybridized carbons (Fsp3) is 0.435. The average Bonchev–Trinajstić information content (AvgIpc) is 2.91. The zero-order valence-electron chi connectivity index (χ0n) is 17.4. The van der Waals surface area contributed by atoms with Crippen LogP contribution in [-0.4, -0.2) is 32.8 Å². The second-order valence-electron chi connectivity index (χ2n) is 8.73. The molecule has 5 heteroatoms. The van der Waals surface area contributed by atoms with Gasteiger partial charge in [-0.05, 0) is 15.4 Å². The highest BCUT2D eigenvalue weighted by atomic mass is 28.4. The van der Waals surface area contributed by atoms with Crippen molar-refractivity contribution in [2.24, 2.45) is 0 Å². The predicted octanol–water partition coefficient (Wildman–Crippen LogP) is 3.63. The quantitative estimate of drug-likeness (QED) is 0.551. The zero-order chi connectivity index (χ0) is 20.4. The molecule has 2 aromatic carbocycles. The SMILES string of the molecule is CC1(C)OC(=O)[C@H](CCO[Si](c2ccccc2)(c2ccccc2)C(C)(C)C)O1. The van der Waals surface area contributed by atoms with E-state index in [9.17, 15) is 4.79 Å². The Labute approximate surface area is 169 Å². The Balaban J connectivity index is 1.92. The molecule has 0 bridgehead atoms. The standard InChI is InChI=1S/C23H30O4Si/c1-22(2,3)28(18-12-8-6-9-13-18,19-14-10-7-11-15-19)25-17-16-20-21(24)27-23(4,5)26-20/h6-15,20H,16-17H2,1-5H3/t20-/m0/s1. The number of rotatable bonds is 6. The van der Waals surface area contributed by atoms with E-state index in [1.54, 1.807) is 13.8 Å². The first-order chi connectivity index (χ1) is 13.2. The van der Waals surface area contributed by atoms with Crippen LogP contribution in [0.25, 0.3) is 0 Å². The van der Waals surface area contributed by atoms with Crippen molar-refractivity contribution in [2.45, 2.75) is 58.0 Å². The van der Waals surface area contributed by atoms with Crippen molar-refractivity contribution in [3.63, 3.8) is 0 Å². The second kappa shape index (κ2) is 7.82. The van der Waals surface area contributed by atoms with Crippen molar-refractivity contribution in [1.82, 2.24) is 0 Å². The van der Waals surface area contributed by atoms with Crippen LogP contribution in [0.4, 0.5) is 0 Å². The van der Waals surface area contributed by atoms with E-state index in [1.165, 1.54) is 10.4 Å². The molecule has 0 aromatic heterocycles. The van der Waals surface area contributed by atoms with Crippen molar-refractivity contribution >= 4 is 24.7 Å². The lowest BCUT2D eigenvalue weighted by molar-refractivity contribution is -0.160. The fourth-order valence-electron chi connectivity index (χ4n) is 3.98. The minimum Gasteiger partial charge on any atom is -0.432 e. The molecule has 1 atom stereocenters. The number of ether oxygens (including phenoxy) is 2. The molecular formula is C23H30O4Si. The third kappa shape index (κ3) is 4.07. The van der Waals surface area contributed by atoms with Gasteiger partial charge in [-0.3, -0.25) is 0 Å². The first-order valence-corrected chi connectivity index (χ1v) is 11.7. The van der Waals surface area contributed by atoms with Crippen LogP contribution < -0.4 is 10.4 Å². The van der Waals surface area contributed by atoms with Crippen LogP contribution in [0, 0.1) is 0 Å². The Bertz CT molecular complexity index is 757. The van der Waals surface area contributed by atoms with E-state index in [2.05, 4.69) is 69.3 Å². The van der Waals surface area contributed by atoms with E-state index >= 15 is 0 Å². The summed E-state index contributed by atoms with van der Waals surface area (Å²) in [6.45, 7) is 10.7. The largest absolute Gasteiger partial charge is 0.432 e. The molecule has 4 nitrogen and oxygen atoms in total. The first-order valence-electron chi connectivity index (χ1n) is 9.81. The van der Waals surface area contributed by atoms with E-state index in [4.69, 9.17) is 13.9 Å². The van der Waals surface area contributed by atoms with Crippen LogP contribution in [0.15, 0.2) is 60.7 Å². The summed E-state index contributed by atoms with van der Waals surface area (Å²) in [6.07, 6.45) is -0.0968. The van der Waals surface area contributed by atoms with Crippen molar-refractivity contribution < 1.29 is 18.7 Å². The van der Waals surface area contributed by atoms with Crippen molar-refractivity contribution in [2.75, 3.05) is 6.61 Å². The third-order valence-electron chi connectivity index (χ3n) is 5.15. The van der Waals surface area contributed by atoms with Gasteiger partial charge in [0.15, 0.2) is 6.10 Å². The van der Waals surface area contributed by atoms with Crippen molar-refractivity contribution in [3.05, 3.63) is 60.7 Å². The van der Waals surface area contributed by atoms with Crippen molar-refractivity contribution in [3.8, 4) is 0 Å². The normalized spacial score (nSPS) is 19.5. The number of esters is 1. The Morgan fingerprint density at radius 1 is 0.964 bits per heavy atom. The maximum Gasteiger partial charge on any atom is 0.338 e.